The van der Waals surface area contributed by atoms with E-state index < -0.39 is 33.2 Å². The largest absolute Gasteiger partial charge is 0.472 e. The molecular weight excluding hydrogens is 764 g/mol. The van der Waals surface area contributed by atoms with Gasteiger partial charge < -0.3 is 24.6 Å². The first-order valence-corrected chi connectivity index (χ1v) is 26.7. The first kappa shape index (κ1) is 58.2. The monoisotopic (exact) mass is 861 g/mol. The van der Waals surface area contributed by atoms with E-state index in [1.54, 1.807) is 0 Å². The summed E-state index contributed by atoms with van der Waals surface area (Å²) in [7, 11) is -4.52. The molecule has 0 aliphatic rings. The zero-order valence-corrected chi connectivity index (χ0v) is 39.6. The highest BCUT2D eigenvalue weighted by Gasteiger charge is 2.26. The van der Waals surface area contributed by atoms with Crippen molar-refractivity contribution in [3.63, 3.8) is 0 Å². The molecule has 0 heterocycles. The number of aliphatic hydroxyl groups excluding tert-OH is 2. The van der Waals surface area contributed by atoms with E-state index in [2.05, 4.69) is 26.0 Å². The number of esters is 1. The Morgan fingerprint density at radius 3 is 1.27 bits per heavy atom. The molecule has 0 radical (unpaired) electrons. The summed E-state index contributed by atoms with van der Waals surface area (Å²) >= 11 is 0. The van der Waals surface area contributed by atoms with E-state index in [9.17, 15) is 19.4 Å². The molecule has 0 spiro atoms. The number of allylic oxidation sites excluding steroid dienone is 2. The van der Waals surface area contributed by atoms with Crippen LogP contribution in [0.2, 0.25) is 0 Å². The van der Waals surface area contributed by atoms with Crippen LogP contribution >= 0.6 is 7.82 Å². The van der Waals surface area contributed by atoms with Crippen molar-refractivity contribution >= 4 is 13.8 Å². The van der Waals surface area contributed by atoms with E-state index in [0.717, 1.165) is 32.1 Å². The van der Waals surface area contributed by atoms with Gasteiger partial charge in [0.15, 0.2) is 0 Å². The van der Waals surface area contributed by atoms with Gasteiger partial charge in [-0.05, 0) is 38.5 Å². The van der Waals surface area contributed by atoms with Crippen molar-refractivity contribution in [1.29, 1.82) is 0 Å². The molecule has 0 fully saturated rings. The molecule has 9 nitrogen and oxygen atoms in total. The van der Waals surface area contributed by atoms with Gasteiger partial charge in [-0.3, -0.25) is 13.8 Å². The summed E-state index contributed by atoms with van der Waals surface area (Å²) in [5, 5.41) is 18.4. The van der Waals surface area contributed by atoms with Crippen molar-refractivity contribution in [2.24, 2.45) is 0 Å². The van der Waals surface area contributed by atoms with Crippen LogP contribution in [0.4, 0.5) is 0 Å². The summed E-state index contributed by atoms with van der Waals surface area (Å²) in [6.07, 6.45) is 48.9. The van der Waals surface area contributed by atoms with Crippen LogP contribution in [0.3, 0.4) is 0 Å². The zero-order valence-electron chi connectivity index (χ0n) is 38.7. The molecule has 0 aromatic carbocycles. The number of aliphatic hydroxyl groups is 2. The van der Waals surface area contributed by atoms with Gasteiger partial charge in [-0.2, -0.15) is 0 Å². The lowest BCUT2D eigenvalue weighted by atomic mass is 10.0. The number of hydrogen-bond donors (Lipinski definition) is 3. The van der Waals surface area contributed by atoms with E-state index in [1.165, 1.54) is 199 Å². The molecule has 0 saturated carbocycles. The van der Waals surface area contributed by atoms with Crippen LogP contribution in [0.25, 0.3) is 0 Å². The molecule has 0 aliphatic heterocycles. The summed E-state index contributed by atoms with van der Waals surface area (Å²) in [6.45, 7) is 3.58. The summed E-state index contributed by atoms with van der Waals surface area (Å²) in [5.41, 5.74) is 0. The lowest BCUT2D eigenvalue weighted by Crippen LogP contribution is -2.29. The van der Waals surface area contributed by atoms with Gasteiger partial charge in [-0.15, -0.1) is 0 Å². The molecule has 0 aromatic heterocycles. The summed E-state index contributed by atoms with van der Waals surface area (Å²) in [5.74, 6) is -0.377. The molecule has 0 saturated heterocycles. The number of phosphoric ester groups is 1. The lowest BCUT2D eigenvalue weighted by molar-refractivity contribution is -0.154. The normalized spacial score (nSPS) is 13.9. The third kappa shape index (κ3) is 46.5. The Kier molecular flexibility index (Phi) is 46.1. The van der Waals surface area contributed by atoms with Gasteiger partial charge >= 0.3 is 13.8 Å². The quantitative estimate of drug-likeness (QED) is 0.0237. The Hall–Kier alpha value is -0.800. The third-order valence-corrected chi connectivity index (χ3v) is 12.2. The average Bonchev–Trinajstić information content (AvgIpc) is 3.23. The van der Waals surface area contributed by atoms with Crippen LogP contribution in [0.1, 0.15) is 251 Å². The zero-order chi connectivity index (χ0) is 43.2. The Morgan fingerprint density at radius 2 is 0.864 bits per heavy atom. The molecule has 0 rings (SSSR count). The maximum Gasteiger partial charge on any atom is 0.472 e. The number of rotatable bonds is 49. The van der Waals surface area contributed by atoms with Gasteiger partial charge in [0, 0.05) is 13.0 Å². The highest BCUT2D eigenvalue weighted by atomic mass is 31.2. The van der Waals surface area contributed by atoms with Gasteiger partial charge in [0.25, 0.3) is 0 Å². The fraction of sp³-hybridized carbons (Fsp3) is 0.939. The summed E-state index contributed by atoms with van der Waals surface area (Å²) in [4.78, 5) is 22.7. The number of unbranched alkanes of at least 4 members (excludes halogenated alkanes) is 33. The van der Waals surface area contributed by atoms with Gasteiger partial charge in [0.2, 0.25) is 0 Å². The second-order valence-electron chi connectivity index (χ2n) is 17.2. The molecule has 3 unspecified atom stereocenters. The maximum absolute atomic E-state index is 12.7. The lowest BCUT2D eigenvalue weighted by Gasteiger charge is -2.20. The molecule has 3 N–H and O–H groups in total. The first-order chi connectivity index (χ1) is 28.8. The molecule has 3 atom stereocenters. The SMILES string of the molecule is CCCCCCCCCC/C=C\CCCCCCCCCCCCCC(=O)OC(COCCCCCCCCCCCCCCCCC)COP(=O)(O)OCC(O)CO. The Balaban J connectivity index is 4.02. The second-order valence-corrected chi connectivity index (χ2v) is 18.6. The van der Waals surface area contributed by atoms with E-state index in [0.29, 0.717) is 6.61 Å². The van der Waals surface area contributed by atoms with Gasteiger partial charge in [0.1, 0.15) is 12.2 Å². The van der Waals surface area contributed by atoms with E-state index in [-0.39, 0.29) is 25.6 Å². The number of hydrogen-bond acceptors (Lipinski definition) is 8. The van der Waals surface area contributed by atoms with Gasteiger partial charge in [-0.25, -0.2) is 4.57 Å². The van der Waals surface area contributed by atoms with Crippen LogP contribution in [0, 0.1) is 0 Å². The minimum atomic E-state index is -4.52. The van der Waals surface area contributed by atoms with E-state index in [1.807, 2.05) is 0 Å². The topological polar surface area (TPSA) is 132 Å². The van der Waals surface area contributed by atoms with E-state index >= 15 is 0 Å². The Morgan fingerprint density at radius 1 is 0.508 bits per heavy atom. The fourth-order valence-electron chi connectivity index (χ4n) is 7.35. The molecule has 0 aromatic rings. The van der Waals surface area contributed by atoms with Crippen LogP contribution in [-0.4, -0.2) is 66.3 Å². The predicted molar refractivity (Wildman–Crippen MR) is 247 cm³/mol. The number of ether oxygens (including phenoxy) is 2. The molecular formula is C49H97O9P. The highest BCUT2D eigenvalue weighted by Crippen LogP contribution is 2.43. The van der Waals surface area contributed by atoms with E-state index in [4.69, 9.17) is 23.6 Å². The molecule has 0 amide bonds. The highest BCUT2D eigenvalue weighted by molar-refractivity contribution is 7.47. The molecule has 352 valence electrons. The maximum atomic E-state index is 12.7. The minimum absolute atomic E-state index is 0.0556. The predicted octanol–water partition coefficient (Wildman–Crippen LogP) is 14.4. The van der Waals surface area contributed by atoms with Crippen molar-refractivity contribution in [1.82, 2.24) is 0 Å². The van der Waals surface area contributed by atoms with Crippen LogP contribution < -0.4 is 0 Å². The van der Waals surface area contributed by atoms with Crippen LogP contribution in [0.15, 0.2) is 12.2 Å². The van der Waals surface area contributed by atoms with Crippen molar-refractivity contribution in [2.45, 2.75) is 264 Å². The number of carbonyl (C=O) groups excluding carboxylic acids is 1. The fourth-order valence-corrected chi connectivity index (χ4v) is 8.14. The summed E-state index contributed by atoms with van der Waals surface area (Å²) < 4.78 is 33.5. The Labute approximate surface area is 364 Å². The molecule has 0 aliphatic carbocycles. The Bertz CT molecular complexity index is 933. The number of phosphoric acid groups is 1. The molecule has 10 heteroatoms. The van der Waals surface area contributed by atoms with Gasteiger partial charge in [0.05, 0.1) is 26.4 Å². The van der Waals surface area contributed by atoms with Crippen molar-refractivity contribution in [2.75, 3.05) is 33.0 Å². The molecule has 59 heavy (non-hydrogen) atoms. The number of carbonyl (C=O) groups is 1. The second kappa shape index (κ2) is 46.7. The van der Waals surface area contributed by atoms with Crippen molar-refractivity contribution in [3.8, 4) is 0 Å². The first-order valence-electron chi connectivity index (χ1n) is 25.2. The van der Waals surface area contributed by atoms with Gasteiger partial charge in [-0.1, -0.05) is 219 Å². The standard InChI is InChI=1S/C49H97O9P/c1-3-5-7-9-11-13-15-17-19-20-21-22-23-24-25-26-27-29-31-33-35-37-39-41-49(52)58-48(46-57-59(53,54)56-44-47(51)43-50)45-55-42-40-38-36-34-32-30-28-18-16-14-12-10-8-6-4-2/h20-21,47-48,50-51H,3-19,22-46H2,1-2H3,(H,53,54)/b21-20-. The van der Waals surface area contributed by atoms with Crippen molar-refractivity contribution < 1.29 is 43.0 Å². The van der Waals surface area contributed by atoms with Crippen LogP contribution in [-0.2, 0) is 27.9 Å². The molecule has 0 bridgehead atoms. The summed E-state index contributed by atoms with van der Waals surface area (Å²) in [6, 6.07) is 0. The smallest absolute Gasteiger partial charge is 0.457 e. The van der Waals surface area contributed by atoms with Crippen molar-refractivity contribution in [3.05, 3.63) is 12.2 Å². The average molecular weight is 861 g/mol. The minimum Gasteiger partial charge on any atom is -0.457 e. The van der Waals surface area contributed by atoms with Crippen LogP contribution in [0.5, 0.6) is 0 Å². The third-order valence-electron chi connectivity index (χ3n) is 11.2.